The molecule has 28 heavy (non-hydrogen) atoms. The number of hydrogen-bond donors (Lipinski definition) is 1. The highest BCUT2D eigenvalue weighted by Gasteiger charge is 2.38. The maximum absolute atomic E-state index is 13.7. The molecule has 0 radical (unpaired) electrons. The zero-order chi connectivity index (χ0) is 20.5. The fourth-order valence-electron chi connectivity index (χ4n) is 3.68. The van der Waals surface area contributed by atoms with Crippen LogP contribution in [-0.4, -0.2) is 29.1 Å². The lowest BCUT2D eigenvalue weighted by atomic mass is 9.89. The van der Waals surface area contributed by atoms with E-state index >= 15 is 0 Å². The van der Waals surface area contributed by atoms with Gasteiger partial charge in [0, 0.05) is 10.0 Å². The second-order valence-corrected chi connectivity index (χ2v) is 7.65. The number of piperidine rings is 1. The average Bonchev–Trinajstić information content (AvgIpc) is 2.64. The van der Waals surface area contributed by atoms with Crippen LogP contribution in [0.5, 0.6) is 0 Å². The van der Waals surface area contributed by atoms with E-state index in [1.165, 1.54) is 18.2 Å². The molecule has 3 nitrogen and oxygen atoms in total. The summed E-state index contributed by atoms with van der Waals surface area (Å²) < 4.78 is 41.0. The summed E-state index contributed by atoms with van der Waals surface area (Å²) in [5, 5.41) is 9.88. The van der Waals surface area contributed by atoms with Gasteiger partial charge < -0.3 is 5.11 Å². The second kappa shape index (κ2) is 8.31. The van der Waals surface area contributed by atoms with E-state index in [9.17, 15) is 23.1 Å². The van der Waals surface area contributed by atoms with Gasteiger partial charge in [0.15, 0.2) is 0 Å². The van der Waals surface area contributed by atoms with E-state index in [-0.39, 0.29) is 10.6 Å². The molecule has 1 unspecified atom stereocenters. The summed E-state index contributed by atoms with van der Waals surface area (Å²) in [7, 11) is 0. The largest absolute Gasteiger partial charge is 0.481 e. The van der Waals surface area contributed by atoms with Gasteiger partial charge in [0.25, 0.3) is 0 Å². The summed E-state index contributed by atoms with van der Waals surface area (Å²) in [6, 6.07) is 9.39. The maximum Gasteiger partial charge on any atom is 0.416 e. The molecule has 0 bridgehead atoms. The molecule has 0 saturated carbocycles. The minimum absolute atomic E-state index is 0.0907. The van der Waals surface area contributed by atoms with Gasteiger partial charge in [-0.15, -0.1) is 0 Å². The third-order valence-corrected chi connectivity index (χ3v) is 5.62. The highest BCUT2D eigenvalue weighted by atomic mass is 35.5. The van der Waals surface area contributed by atoms with Crippen LogP contribution >= 0.6 is 23.2 Å². The van der Waals surface area contributed by atoms with Crippen molar-refractivity contribution in [3.05, 3.63) is 69.2 Å². The highest BCUT2D eigenvalue weighted by Crippen LogP contribution is 2.42. The van der Waals surface area contributed by atoms with E-state index in [2.05, 4.69) is 0 Å². The number of aliphatic carboxylic acids is 1. The molecule has 0 aliphatic carbocycles. The topological polar surface area (TPSA) is 40.5 Å². The van der Waals surface area contributed by atoms with Gasteiger partial charge in [-0.05, 0) is 55.3 Å². The normalized spacial score (nSPS) is 17.5. The number of halogens is 5. The molecule has 3 rings (SSSR count). The van der Waals surface area contributed by atoms with Crippen LogP contribution in [0.3, 0.4) is 0 Å². The fourth-order valence-corrected chi connectivity index (χ4v) is 4.19. The molecule has 150 valence electrons. The number of hydrogen-bond acceptors (Lipinski definition) is 2. The SMILES string of the molecule is O=C(O)C1CCN(C(c2ccc(Cl)cc2Cl)c2ccccc2C(F)(F)F)CC1. The zero-order valence-corrected chi connectivity index (χ0v) is 16.2. The Balaban J connectivity index is 2.08. The van der Waals surface area contributed by atoms with E-state index in [0.29, 0.717) is 36.5 Å². The van der Waals surface area contributed by atoms with E-state index in [1.54, 1.807) is 18.2 Å². The minimum atomic E-state index is -4.52. The van der Waals surface area contributed by atoms with Crippen LogP contribution in [0, 0.1) is 5.92 Å². The third-order valence-electron chi connectivity index (χ3n) is 5.06. The predicted octanol–water partition coefficient (Wildman–Crippen LogP) is 5.90. The average molecular weight is 432 g/mol. The number of alkyl halides is 3. The van der Waals surface area contributed by atoms with Crippen LogP contribution in [0.25, 0.3) is 0 Å². The van der Waals surface area contributed by atoms with Crippen LogP contribution in [0.2, 0.25) is 10.0 Å². The Bertz CT molecular complexity index is 865. The Hall–Kier alpha value is -1.76. The lowest BCUT2D eigenvalue weighted by molar-refractivity contribution is -0.143. The molecular formula is C20H18Cl2F3NO2. The fraction of sp³-hybridized carbons (Fsp3) is 0.350. The van der Waals surface area contributed by atoms with Crippen LogP contribution < -0.4 is 0 Å². The molecule has 1 saturated heterocycles. The number of carboxylic acids is 1. The summed E-state index contributed by atoms with van der Waals surface area (Å²) in [6.45, 7) is 0.708. The molecular weight excluding hydrogens is 414 g/mol. The highest BCUT2D eigenvalue weighted by molar-refractivity contribution is 6.35. The number of carboxylic acid groups (broad SMARTS) is 1. The summed E-state index contributed by atoms with van der Waals surface area (Å²) in [4.78, 5) is 13.1. The van der Waals surface area contributed by atoms with Crippen molar-refractivity contribution in [3.63, 3.8) is 0 Å². The monoisotopic (exact) mass is 431 g/mol. The van der Waals surface area contributed by atoms with Crippen molar-refractivity contribution in [1.29, 1.82) is 0 Å². The minimum Gasteiger partial charge on any atom is -0.481 e. The smallest absolute Gasteiger partial charge is 0.416 e. The molecule has 1 N–H and O–H groups in total. The molecule has 0 spiro atoms. The van der Waals surface area contributed by atoms with Crippen molar-refractivity contribution in [2.75, 3.05) is 13.1 Å². The lowest BCUT2D eigenvalue weighted by Crippen LogP contribution is -2.40. The number of likely N-dealkylation sites (tertiary alicyclic amines) is 1. The number of nitrogens with zero attached hydrogens (tertiary/aromatic N) is 1. The van der Waals surface area contributed by atoms with Gasteiger partial charge in [-0.1, -0.05) is 47.5 Å². The van der Waals surface area contributed by atoms with Crippen molar-refractivity contribution < 1.29 is 23.1 Å². The van der Waals surface area contributed by atoms with Gasteiger partial charge in [0.1, 0.15) is 0 Å². The molecule has 1 heterocycles. The first-order valence-corrected chi connectivity index (χ1v) is 9.52. The summed E-state index contributed by atoms with van der Waals surface area (Å²) in [6.07, 6.45) is -3.79. The predicted molar refractivity (Wildman–Crippen MR) is 102 cm³/mol. The molecule has 1 fully saturated rings. The molecule has 0 amide bonds. The Labute approximate surface area is 170 Å². The summed E-state index contributed by atoms with van der Waals surface area (Å²) in [5.41, 5.74) is -0.129. The Morgan fingerprint density at radius 1 is 1.07 bits per heavy atom. The lowest BCUT2D eigenvalue weighted by Gasteiger charge is -2.38. The van der Waals surface area contributed by atoms with Gasteiger partial charge in [0.05, 0.1) is 17.5 Å². The van der Waals surface area contributed by atoms with Gasteiger partial charge >= 0.3 is 12.1 Å². The summed E-state index contributed by atoms with van der Waals surface area (Å²) >= 11 is 12.3. The zero-order valence-electron chi connectivity index (χ0n) is 14.7. The quantitative estimate of drug-likeness (QED) is 0.654. The first kappa shape index (κ1) is 21.0. The number of rotatable bonds is 4. The van der Waals surface area contributed by atoms with E-state index in [0.717, 1.165) is 6.07 Å². The maximum atomic E-state index is 13.7. The standard InChI is InChI=1S/C20H18Cl2F3NO2/c21-13-5-6-15(17(22)11-13)18(26-9-7-12(8-10-26)19(27)28)14-3-1-2-4-16(14)20(23,24)25/h1-6,11-12,18H,7-10H2,(H,27,28). The molecule has 1 aliphatic rings. The van der Waals surface area contributed by atoms with Crippen LogP contribution in [0.1, 0.15) is 35.6 Å². The number of benzene rings is 2. The first-order chi connectivity index (χ1) is 13.2. The number of carbonyl (C=O) groups is 1. The molecule has 1 aliphatic heterocycles. The molecule has 0 aromatic heterocycles. The Kier molecular flexibility index (Phi) is 6.22. The molecule has 2 aromatic carbocycles. The van der Waals surface area contributed by atoms with Crippen molar-refractivity contribution in [3.8, 4) is 0 Å². The third kappa shape index (κ3) is 4.45. The molecule has 1 atom stereocenters. The van der Waals surface area contributed by atoms with Gasteiger partial charge in [-0.2, -0.15) is 13.2 Å². The van der Waals surface area contributed by atoms with Crippen molar-refractivity contribution >= 4 is 29.2 Å². The van der Waals surface area contributed by atoms with Gasteiger partial charge in [-0.25, -0.2) is 0 Å². The van der Waals surface area contributed by atoms with Crippen molar-refractivity contribution in [1.82, 2.24) is 4.90 Å². The molecule has 8 heteroatoms. The van der Waals surface area contributed by atoms with Gasteiger partial charge in [-0.3, -0.25) is 9.69 Å². The first-order valence-electron chi connectivity index (χ1n) is 8.76. The van der Waals surface area contributed by atoms with E-state index in [4.69, 9.17) is 23.2 Å². The van der Waals surface area contributed by atoms with E-state index < -0.39 is 29.7 Å². The Morgan fingerprint density at radius 2 is 1.71 bits per heavy atom. The van der Waals surface area contributed by atoms with Crippen LogP contribution in [-0.2, 0) is 11.0 Å². The van der Waals surface area contributed by atoms with Crippen LogP contribution in [0.4, 0.5) is 13.2 Å². The van der Waals surface area contributed by atoms with Crippen LogP contribution in [0.15, 0.2) is 42.5 Å². The summed E-state index contributed by atoms with van der Waals surface area (Å²) in [5.74, 6) is -1.37. The van der Waals surface area contributed by atoms with Crippen molar-refractivity contribution in [2.24, 2.45) is 5.92 Å². The Morgan fingerprint density at radius 3 is 2.29 bits per heavy atom. The van der Waals surface area contributed by atoms with E-state index in [1.807, 2.05) is 4.90 Å². The second-order valence-electron chi connectivity index (χ2n) is 6.80. The van der Waals surface area contributed by atoms with Gasteiger partial charge in [0.2, 0.25) is 0 Å². The molecule has 2 aromatic rings. The van der Waals surface area contributed by atoms with Crippen molar-refractivity contribution in [2.45, 2.75) is 25.1 Å².